The predicted molar refractivity (Wildman–Crippen MR) is 130 cm³/mol. The van der Waals surface area contributed by atoms with Crippen molar-refractivity contribution in [3.8, 4) is 22.8 Å². The molecule has 1 fully saturated rings. The van der Waals surface area contributed by atoms with Crippen LogP contribution in [0.2, 0.25) is 0 Å². The number of benzene rings is 1. The summed E-state index contributed by atoms with van der Waals surface area (Å²) in [5, 5.41) is 5.95. The fraction of sp³-hybridized carbons (Fsp3) is 0.556. The van der Waals surface area contributed by atoms with Crippen LogP contribution >= 0.6 is 0 Å². The van der Waals surface area contributed by atoms with E-state index in [0.717, 1.165) is 42.4 Å². The zero-order chi connectivity index (χ0) is 25.0. The van der Waals surface area contributed by atoms with Gasteiger partial charge in [-0.25, -0.2) is 4.79 Å². The molecule has 1 saturated carbocycles. The zero-order valence-electron chi connectivity index (χ0n) is 21.1. The molecule has 1 aromatic heterocycles. The third-order valence-corrected chi connectivity index (χ3v) is 7.21. The summed E-state index contributed by atoms with van der Waals surface area (Å²) in [6, 6.07) is 3.79. The largest absolute Gasteiger partial charge is 0.464 e. The van der Waals surface area contributed by atoms with Crippen molar-refractivity contribution in [2.45, 2.75) is 84.2 Å². The number of rotatable bonds is 3. The summed E-state index contributed by atoms with van der Waals surface area (Å²) in [6.07, 6.45) is 5.24. The number of alkyl carbamates (subject to hydrolysis) is 1. The summed E-state index contributed by atoms with van der Waals surface area (Å²) in [7, 11) is 0. The minimum absolute atomic E-state index is 0.0601. The number of fused-ring (bicyclic) bond motifs is 2. The second kappa shape index (κ2) is 8.50. The molecule has 1 atom stereocenters. The molecular weight excluding hydrogens is 448 g/mol. The Kier molecular flexibility index (Phi) is 5.73. The maximum Gasteiger partial charge on any atom is 0.407 e. The molecular formula is C27H34N2O6. The van der Waals surface area contributed by atoms with E-state index in [1.165, 1.54) is 0 Å². The summed E-state index contributed by atoms with van der Waals surface area (Å²) in [6.45, 7) is 10.0. The van der Waals surface area contributed by atoms with Gasteiger partial charge in [0.25, 0.3) is 11.7 Å². The standard InChI is InChI=1S/C27H34N2O6/c1-15-20-18(12-13-28-24(20)30)21(19-7-6-14-32-19)23-22(15)33-27(5,34-23)16-8-10-17(11-9-16)29-25(31)35-26(2,3)4/h6-7,14,16-17H,8-13H2,1-5H3,(H,28,30)(H,29,31)/t16-,17-,27?. The molecule has 1 aliphatic carbocycles. The Morgan fingerprint density at radius 1 is 1.14 bits per heavy atom. The molecule has 35 heavy (non-hydrogen) atoms. The Hall–Kier alpha value is -3.16. The van der Waals surface area contributed by atoms with Gasteiger partial charge in [-0.15, -0.1) is 0 Å². The fourth-order valence-corrected chi connectivity index (χ4v) is 5.56. The second-order valence-electron chi connectivity index (χ2n) is 10.9. The molecule has 2 amide bonds. The minimum Gasteiger partial charge on any atom is -0.464 e. The molecule has 2 aromatic rings. The lowest BCUT2D eigenvalue weighted by Crippen LogP contribution is -2.48. The number of carbonyl (C=O) groups excluding carboxylic acids is 2. The van der Waals surface area contributed by atoms with Crippen molar-refractivity contribution in [1.82, 2.24) is 10.6 Å². The number of ether oxygens (including phenoxy) is 3. The quantitative estimate of drug-likeness (QED) is 0.631. The van der Waals surface area contributed by atoms with Crippen molar-refractivity contribution in [3.63, 3.8) is 0 Å². The number of carbonyl (C=O) groups is 2. The van der Waals surface area contributed by atoms with Crippen molar-refractivity contribution in [2.24, 2.45) is 5.92 Å². The number of amides is 2. The number of furan rings is 1. The molecule has 5 rings (SSSR count). The molecule has 3 heterocycles. The summed E-state index contributed by atoms with van der Waals surface area (Å²) < 4.78 is 24.3. The van der Waals surface area contributed by atoms with E-state index in [4.69, 9.17) is 18.6 Å². The van der Waals surface area contributed by atoms with E-state index in [1.807, 2.05) is 46.8 Å². The van der Waals surface area contributed by atoms with Gasteiger partial charge >= 0.3 is 6.09 Å². The predicted octanol–water partition coefficient (Wildman–Crippen LogP) is 5.11. The minimum atomic E-state index is -0.869. The monoisotopic (exact) mass is 482 g/mol. The SMILES string of the molecule is Cc1c2c(c(-c3ccco3)c3c1C(=O)NCC3)OC(C)([C@H]1CC[C@H](NC(=O)OC(C)(C)C)CC1)O2. The highest BCUT2D eigenvalue weighted by atomic mass is 16.7. The number of nitrogens with one attached hydrogen (secondary N) is 2. The van der Waals surface area contributed by atoms with Gasteiger partial charge in [-0.1, -0.05) is 0 Å². The van der Waals surface area contributed by atoms with Gasteiger partial charge in [0.1, 0.15) is 11.4 Å². The van der Waals surface area contributed by atoms with E-state index >= 15 is 0 Å². The van der Waals surface area contributed by atoms with Gasteiger partial charge in [0.05, 0.1) is 17.4 Å². The highest BCUT2D eigenvalue weighted by Gasteiger charge is 2.49. The lowest BCUT2D eigenvalue weighted by molar-refractivity contribution is -0.121. The van der Waals surface area contributed by atoms with Crippen LogP contribution < -0.4 is 20.1 Å². The van der Waals surface area contributed by atoms with Gasteiger partial charge in [0.15, 0.2) is 11.5 Å². The Balaban J connectivity index is 1.38. The molecule has 3 aliphatic rings. The fourth-order valence-electron chi connectivity index (χ4n) is 5.56. The molecule has 2 aliphatic heterocycles. The molecule has 8 heteroatoms. The van der Waals surface area contributed by atoms with E-state index in [-0.39, 0.29) is 24.0 Å². The Morgan fingerprint density at radius 2 is 1.86 bits per heavy atom. The molecule has 0 spiro atoms. The van der Waals surface area contributed by atoms with Gasteiger partial charge in [-0.05, 0) is 77.5 Å². The first-order chi connectivity index (χ1) is 16.6. The molecule has 0 bridgehead atoms. The third-order valence-electron chi connectivity index (χ3n) is 7.21. The normalized spacial score (nSPS) is 25.6. The van der Waals surface area contributed by atoms with Crippen LogP contribution in [-0.4, -0.2) is 36.0 Å². The van der Waals surface area contributed by atoms with E-state index in [9.17, 15) is 9.59 Å². The van der Waals surface area contributed by atoms with Crippen molar-refractivity contribution >= 4 is 12.0 Å². The summed E-state index contributed by atoms with van der Waals surface area (Å²) >= 11 is 0. The van der Waals surface area contributed by atoms with E-state index in [1.54, 1.807) is 6.26 Å². The van der Waals surface area contributed by atoms with Crippen molar-refractivity contribution in [2.75, 3.05) is 6.54 Å². The average molecular weight is 483 g/mol. The number of hydrogen-bond donors (Lipinski definition) is 2. The first kappa shape index (κ1) is 23.6. The lowest BCUT2D eigenvalue weighted by atomic mass is 9.81. The molecule has 1 aromatic carbocycles. The first-order valence-corrected chi connectivity index (χ1v) is 12.4. The van der Waals surface area contributed by atoms with Crippen LogP contribution in [0.1, 0.15) is 74.9 Å². The van der Waals surface area contributed by atoms with Crippen molar-refractivity contribution in [3.05, 3.63) is 35.1 Å². The van der Waals surface area contributed by atoms with Gasteiger partial charge in [0, 0.05) is 31.0 Å². The highest BCUT2D eigenvalue weighted by molar-refractivity contribution is 6.02. The Labute approximate surface area is 205 Å². The third kappa shape index (κ3) is 4.34. The van der Waals surface area contributed by atoms with Crippen LogP contribution in [0.5, 0.6) is 11.5 Å². The molecule has 188 valence electrons. The molecule has 2 N–H and O–H groups in total. The van der Waals surface area contributed by atoms with E-state index in [2.05, 4.69) is 10.6 Å². The smallest absolute Gasteiger partial charge is 0.407 e. The second-order valence-corrected chi connectivity index (χ2v) is 10.9. The first-order valence-electron chi connectivity index (χ1n) is 12.4. The van der Waals surface area contributed by atoms with E-state index in [0.29, 0.717) is 35.8 Å². The maximum absolute atomic E-state index is 12.8. The van der Waals surface area contributed by atoms with Crippen molar-refractivity contribution < 1.29 is 28.2 Å². The average Bonchev–Trinajstić information content (AvgIpc) is 3.42. The van der Waals surface area contributed by atoms with Crippen LogP contribution in [0, 0.1) is 12.8 Å². The maximum atomic E-state index is 12.8. The van der Waals surface area contributed by atoms with E-state index < -0.39 is 11.4 Å². The Bertz CT molecular complexity index is 1140. The summed E-state index contributed by atoms with van der Waals surface area (Å²) in [5.74, 6) is 1.11. The Morgan fingerprint density at radius 3 is 2.51 bits per heavy atom. The zero-order valence-corrected chi connectivity index (χ0v) is 21.1. The van der Waals surface area contributed by atoms with Crippen LogP contribution in [0.3, 0.4) is 0 Å². The van der Waals surface area contributed by atoms with Crippen LogP contribution in [0.15, 0.2) is 22.8 Å². The van der Waals surface area contributed by atoms with Gasteiger partial charge < -0.3 is 29.3 Å². The topological polar surface area (TPSA) is 99.0 Å². The molecule has 0 saturated heterocycles. The van der Waals surface area contributed by atoms with Gasteiger partial charge in [0.2, 0.25) is 0 Å². The summed E-state index contributed by atoms with van der Waals surface area (Å²) in [4.78, 5) is 25.0. The van der Waals surface area contributed by atoms with Crippen LogP contribution in [0.25, 0.3) is 11.3 Å². The summed E-state index contributed by atoms with van der Waals surface area (Å²) in [5.41, 5.74) is 2.68. The molecule has 8 nitrogen and oxygen atoms in total. The highest BCUT2D eigenvalue weighted by Crippen LogP contribution is 2.54. The van der Waals surface area contributed by atoms with Gasteiger partial charge in [-0.3, -0.25) is 4.79 Å². The van der Waals surface area contributed by atoms with Crippen LogP contribution in [0.4, 0.5) is 4.79 Å². The van der Waals surface area contributed by atoms with Gasteiger partial charge in [-0.2, -0.15) is 0 Å². The molecule has 1 unspecified atom stereocenters. The van der Waals surface area contributed by atoms with Crippen LogP contribution in [-0.2, 0) is 11.2 Å². The lowest BCUT2D eigenvalue weighted by Gasteiger charge is -2.37. The molecule has 0 radical (unpaired) electrons. The van der Waals surface area contributed by atoms with Crippen molar-refractivity contribution in [1.29, 1.82) is 0 Å². The number of hydrogen-bond acceptors (Lipinski definition) is 6.